The van der Waals surface area contributed by atoms with Crippen molar-refractivity contribution in [3.05, 3.63) is 28.1 Å². The Hall–Kier alpha value is -1.44. The van der Waals surface area contributed by atoms with Crippen LogP contribution in [0.4, 0.5) is 0 Å². The van der Waals surface area contributed by atoms with Crippen molar-refractivity contribution in [3.63, 3.8) is 0 Å². The van der Waals surface area contributed by atoms with Crippen LogP contribution in [0.25, 0.3) is 10.8 Å². The Morgan fingerprint density at radius 2 is 2.47 bits per heavy atom. The number of ether oxygens (including phenoxy) is 1. The summed E-state index contributed by atoms with van der Waals surface area (Å²) in [7, 11) is 0. The Kier molecular flexibility index (Phi) is 3.50. The van der Waals surface area contributed by atoms with E-state index in [2.05, 4.69) is 10.00 Å². The molecule has 1 saturated heterocycles. The van der Waals surface area contributed by atoms with Gasteiger partial charge in [-0.2, -0.15) is 4.68 Å². The molecule has 0 unspecified atom stereocenters. The molecule has 6 nitrogen and oxygen atoms in total. The number of hydrogen-bond donors (Lipinski definition) is 0. The van der Waals surface area contributed by atoms with Crippen molar-refractivity contribution in [1.29, 1.82) is 0 Å². The summed E-state index contributed by atoms with van der Waals surface area (Å²) in [5, 5.41) is 6.17. The third kappa shape index (κ3) is 2.78. The molecule has 0 spiro atoms. The molecule has 0 bridgehead atoms. The van der Waals surface area contributed by atoms with Gasteiger partial charge in [0.25, 0.3) is 5.89 Å². The van der Waals surface area contributed by atoms with Crippen molar-refractivity contribution in [1.82, 2.24) is 14.7 Å². The molecular weight excluding hydrogens is 266 g/mol. The lowest BCUT2D eigenvalue weighted by Crippen LogP contribution is -2.43. The van der Waals surface area contributed by atoms with Gasteiger partial charge in [0.2, 0.25) is 0 Å². The van der Waals surface area contributed by atoms with Crippen LogP contribution in [0.5, 0.6) is 0 Å². The highest BCUT2D eigenvalue weighted by molar-refractivity contribution is 7.13. The molecular formula is C12H15N3O3S. The first-order valence-corrected chi connectivity index (χ1v) is 7.06. The number of hydrogen-bond acceptors (Lipinski definition) is 6. The molecule has 0 aromatic carbocycles. The number of nitrogens with zero attached hydrogens (tertiary/aromatic N) is 3. The van der Waals surface area contributed by atoms with Crippen molar-refractivity contribution in [3.8, 4) is 10.8 Å². The second-order valence-corrected chi connectivity index (χ2v) is 5.50. The minimum absolute atomic E-state index is 0.188. The predicted octanol–water partition coefficient (Wildman–Crippen LogP) is 1.24. The molecule has 3 rings (SSSR count). The van der Waals surface area contributed by atoms with E-state index in [4.69, 9.17) is 9.15 Å². The highest BCUT2D eigenvalue weighted by atomic mass is 32.1. The van der Waals surface area contributed by atoms with Gasteiger partial charge < -0.3 is 9.15 Å². The van der Waals surface area contributed by atoms with Gasteiger partial charge in [-0.05, 0) is 18.4 Å². The van der Waals surface area contributed by atoms with E-state index in [0.717, 1.165) is 18.0 Å². The third-order valence-electron chi connectivity index (χ3n) is 3.00. The van der Waals surface area contributed by atoms with Crippen molar-refractivity contribution in [2.45, 2.75) is 19.7 Å². The molecule has 0 amide bonds. The lowest BCUT2D eigenvalue weighted by atomic mass is 10.3. The second-order valence-electron chi connectivity index (χ2n) is 4.55. The molecule has 2 aromatic heterocycles. The Morgan fingerprint density at radius 3 is 3.21 bits per heavy atom. The molecule has 7 heteroatoms. The number of morpholine rings is 1. The molecule has 1 aliphatic rings. The van der Waals surface area contributed by atoms with Crippen molar-refractivity contribution in [2.24, 2.45) is 0 Å². The summed E-state index contributed by atoms with van der Waals surface area (Å²) in [6, 6.07) is 3.79. The molecule has 0 aliphatic carbocycles. The average molecular weight is 281 g/mol. The number of aromatic nitrogens is 2. The van der Waals surface area contributed by atoms with Gasteiger partial charge in [-0.25, -0.2) is 4.79 Å². The van der Waals surface area contributed by atoms with E-state index in [0.29, 0.717) is 19.2 Å². The van der Waals surface area contributed by atoms with Gasteiger partial charge in [-0.15, -0.1) is 16.4 Å². The quantitative estimate of drug-likeness (QED) is 0.847. The predicted molar refractivity (Wildman–Crippen MR) is 71.1 cm³/mol. The normalized spacial score (nSPS) is 20.8. The molecule has 3 heterocycles. The topological polar surface area (TPSA) is 60.5 Å². The Labute approximate surface area is 114 Å². The van der Waals surface area contributed by atoms with Crippen molar-refractivity contribution in [2.75, 3.05) is 19.7 Å². The van der Waals surface area contributed by atoms with E-state index in [1.165, 1.54) is 16.0 Å². The monoisotopic (exact) mass is 281 g/mol. The van der Waals surface area contributed by atoms with Crippen LogP contribution >= 0.6 is 11.3 Å². The van der Waals surface area contributed by atoms with Gasteiger partial charge in [-0.1, -0.05) is 6.07 Å². The average Bonchev–Trinajstić information content (AvgIpc) is 3.00. The summed E-state index contributed by atoms with van der Waals surface area (Å²) < 4.78 is 12.0. The molecule has 102 valence electrons. The molecule has 2 aromatic rings. The van der Waals surface area contributed by atoms with Crippen LogP contribution in [-0.4, -0.2) is 40.5 Å². The molecule has 1 aliphatic heterocycles. The van der Waals surface area contributed by atoms with Crippen LogP contribution in [0.2, 0.25) is 0 Å². The Bertz CT molecular complexity index is 590. The molecule has 0 N–H and O–H groups in total. The van der Waals surface area contributed by atoms with E-state index in [1.54, 1.807) is 0 Å². The minimum Gasteiger partial charge on any atom is -0.387 e. The van der Waals surface area contributed by atoms with Crippen LogP contribution in [0.15, 0.2) is 26.7 Å². The Balaban J connectivity index is 1.76. The first-order valence-electron chi connectivity index (χ1n) is 6.18. The van der Waals surface area contributed by atoms with Crippen LogP contribution in [0.1, 0.15) is 6.92 Å². The first-order chi connectivity index (χ1) is 9.22. The summed E-state index contributed by atoms with van der Waals surface area (Å²) in [5.41, 5.74) is 0. The van der Waals surface area contributed by atoms with E-state index >= 15 is 0 Å². The van der Waals surface area contributed by atoms with Crippen molar-refractivity contribution < 1.29 is 9.15 Å². The summed E-state index contributed by atoms with van der Waals surface area (Å²) in [4.78, 5) is 14.8. The zero-order valence-electron chi connectivity index (χ0n) is 10.6. The zero-order chi connectivity index (χ0) is 13.2. The fourth-order valence-corrected chi connectivity index (χ4v) is 2.75. The van der Waals surface area contributed by atoms with E-state index in [-0.39, 0.29) is 6.10 Å². The molecule has 0 radical (unpaired) electrons. The fourth-order valence-electron chi connectivity index (χ4n) is 2.10. The van der Waals surface area contributed by atoms with Gasteiger partial charge >= 0.3 is 5.76 Å². The van der Waals surface area contributed by atoms with Crippen molar-refractivity contribution >= 4 is 11.3 Å². The minimum atomic E-state index is -0.414. The number of thiophene rings is 1. The summed E-state index contributed by atoms with van der Waals surface area (Å²) in [5.74, 6) is -0.0242. The summed E-state index contributed by atoms with van der Waals surface area (Å²) in [6.45, 7) is 4.76. The maximum atomic E-state index is 11.8. The zero-order valence-corrected chi connectivity index (χ0v) is 11.4. The first kappa shape index (κ1) is 12.6. The summed E-state index contributed by atoms with van der Waals surface area (Å²) >= 11 is 1.50. The van der Waals surface area contributed by atoms with Gasteiger partial charge in [-0.3, -0.25) is 4.90 Å². The molecule has 0 saturated carbocycles. The van der Waals surface area contributed by atoms with Crippen LogP contribution < -0.4 is 5.76 Å². The fraction of sp³-hybridized carbons (Fsp3) is 0.500. The highest BCUT2D eigenvalue weighted by Crippen LogP contribution is 2.21. The maximum Gasteiger partial charge on any atom is 0.438 e. The maximum absolute atomic E-state index is 11.8. The number of rotatable bonds is 3. The lowest BCUT2D eigenvalue weighted by molar-refractivity contribution is -0.0312. The molecule has 19 heavy (non-hydrogen) atoms. The SMILES string of the molecule is C[C@@H]1CN(Cn2nc(-c3cccs3)oc2=O)CCO1. The van der Waals surface area contributed by atoms with E-state index in [1.807, 2.05) is 24.4 Å². The molecule has 1 atom stereocenters. The second kappa shape index (κ2) is 5.28. The van der Waals surface area contributed by atoms with Gasteiger partial charge in [0.15, 0.2) is 0 Å². The highest BCUT2D eigenvalue weighted by Gasteiger charge is 2.19. The smallest absolute Gasteiger partial charge is 0.387 e. The van der Waals surface area contributed by atoms with Gasteiger partial charge in [0, 0.05) is 13.1 Å². The molecule has 1 fully saturated rings. The lowest BCUT2D eigenvalue weighted by Gasteiger charge is -2.30. The standard InChI is InChI=1S/C12H15N3O3S/c1-9-7-14(4-5-17-9)8-15-12(16)18-11(13-15)10-3-2-6-19-10/h2-3,6,9H,4-5,7-8H2,1H3/t9-/m1/s1. The summed E-state index contributed by atoms with van der Waals surface area (Å²) in [6.07, 6.45) is 0.188. The van der Waals surface area contributed by atoms with Gasteiger partial charge in [0.05, 0.1) is 17.6 Å². The van der Waals surface area contributed by atoms with E-state index in [9.17, 15) is 4.79 Å². The van der Waals surface area contributed by atoms with Crippen LogP contribution in [0.3, 0.4) is 0 Å². The van der Waals surface area contributed by atoms with E-state index < -0.39 is 5.76 Å². The van der Waals surface area contributed by atoms with Crippen LogP contribution in [-0.2, 0) is 11.4 Å². The van der Waals surface area contributed by atoms with Gasteiger partial charge in [0.1, 0.15) is 6.67 Å². The third-order valence-corrected chi connectivity index (χ3v) is 3.86. The Morgan fingerprint density at radius 1 is 1.58 bits per heavy atom. The van der Waals surface area contributed by atoms with Crippen LogP contribution in [0, 0.1) is 0 Å². The largest absolute Gasteiger partial charge is 0.438 e.